The Hall–Kier alpha value is -1.32. The zero-order chi connectivity index (χ0) is 15.0. The highest BCUT2D eigenvalue weighted by molar-refractivity contribution is 5.86. The van der Waals surface area contributed by atoms with Gasteiger partial charge in [0.05, 0.1) is 0 Å². The highest BCUT2D eigenvalue weighted by Crippen LogP contribution is 2.31. The predicted molar refractivity (Wildman–Crippen MR) is 89.4 cm³/mol. The van der Waals surface area contributed by atoms with E-state index in [-0.39, 0.29) is 6.04 Å². The maximum atomic E-state index is 5.94. The number of aromatic nitrogens is 1. The number of aryl methyl sites for hydroxylation is 2. The van der Waals surface area contributed by atoms with Gasteiger partial charge in [-0.05, 0) is 62.1 Å². The summed E-state index contributed by atoms with van der Waals surface area (Å²) in [6, 6.07) is 5.12. The van der Waals surface area contributed by atoms with Gasteiger partial charge in [0.2, 0.25) is 0 Å². The van der Waals surface area contributed by atoms with Crippen molar-refractivity contribution in [3.8, 4) is 0 Å². The summed E-state index contributed by atoms with van der Waals surface area (Å²) in [6.45, 7) is 7.60. The highest BCUT2D eigenvalue weighted by Gasteiger charge is 2.19. The molecule has 3 nitrogen and oxygen atoms in total. The van der Waals surface area contributed by atoms with Crippen molar-refractivity contribution >= 4 is 10.9 Å². The van der Waals surface area contributed by atoms with Crippen molar-refractivity contribution in [1.82, 2.24) is 9.47 Å². The number of nitrogens with two attached hydrogens (primary N) is 1. The Labute approximate surface area is 127 Å². The van der Waals surface area contributed by atoms with Crippen LogP contribution in [0, 0.1) is 0 Å². The Morgan fingerprint density at radius 3 is 2.62 bits per heavy atom. The molecule has 2 aromatic rings. The zero-order valence-electron chi connectivity index (χ0n) is 13.5. The van der Waals surface area contributed by atoms with E-state index in [1.54, 1.807) is 0 Å². The molecule has 1 aromatic carbocycles. The molecule has 2 heterocycles. The third-order valence-electron chi connectivity index (χ3n) is 4.50. The Morgan fingerprint density at radius 1 is 1.24 bits per heavy atom. The second-order valence-corrected chi connectivity index (χ2v) is 6.67. The van der Waals surface area contributed by atoms with Crippen molar-refractivity contribution in [3.63, 3.8) is 0 Å². The number of fused-ring (bicyclic) bond motifs is 2. The van der Waals surface area contributed by atoms with Crippen LogP contribution in [0.1, 0.15) is 43.4 Å². The molecule has 3 heteroatoms. The van der Waals surface area contributed by atoms with Gasteiger partial charge in [-0.2, -0.15) is 0 Å². The molecular weight excluding hydrogens is 258 g/mol. The highest BCUT2D eigenvalue weighted by atomic mass is 15.1. The van der Waals surface area contributed by atoms with E-state index in [1.165, 1.54) is 34.0 Å². The van der Waals surface area contributed by atoms with E-state index < -0.39 is 0 Å². The first kappa shape index (κ1) is 14.6. The van der Waals surface area contributed by atoms with E-state index in [0.717, 1.165) is 32.5 Å². The van der Waals surface area contributed by atoms with Crippen LogP contribution in [0.15, 0.2) is 18.3 Å². The van der Waals surface area contributed by atoms with Crippen molar-refractivity contribution < 1.29 is 0 Å². The molecule has 1 aromatic heterocycles. The fourth-order valence-corrected chi connectivity index (χ4v) is 3.44. The second kappa shape index (κ2) is 5.82. The molecule has 0 saturated heterocycles. The third kappa shape index (κ3) is 2.85. The maximum absolute atomic E-state index is 5.94. The van der Waals surface area contributed by atoms with Gasteiger partial charge in [0.25, 0.3) is 0 Å². The van der Waals surface area contributed by atoms with Gasteiger partial charge in [-0.1, -0.05) is 6.92 Å². The summed E-state index contributed by atoms with van der Waals surface area (Å²) in [5, 5.41) is 1.44. The summed E-state index contributed by atoms with van der Waals surface area (Å²) in [5.74, 6) is 0. The fourth-order valence-electron chi connectivity index (χ4n) is 3.44. The Balaban J connectivity index is 2.04. The summed E-state index contributed by atoms with van der Waals surface area (Å²) < 4.78 is 2.43. The van der Waals surface area contributed by atoms with E-state index in [4.69, 9.17) is 5.73 Å². The molecule has 21 heavy (non-hydrogen) atoms. The molecule has 1 atom stereocenters. The number of rotatable bonds is 5. The monoisotopic (exact) mass is 285 g/mol. The summed E-state index contributed by atoms with van der Waals surface area (Å²) >= 11 is 0. The molecule has 0 amide bonds. The lowest BCUT2D eigenvalue weighted by Gasteiger charge is -2.05. The first-order valence-electron chi connectivity index (χ1n) is 8.16. The Morgan fingerprint density at radius 2 is 1.95 bits per heavy atom. The first-order valence-corrected chi connectivity index (χ1v) is 8.16. The quantitative estimate of drug-likeness (QED) is 0.915. The number of hydrogen-bond donors (Lipinski definition) is 1. The fraction of sp³-hybridized carbons (Fsp3) is 0.556. The molecule has 0 radical (unpaired) electrons. The van der Waals surface area contributed by atoms with Crippen LogP contribution in [0.2, 0.25) is 0 Å². The smallest absolute Gasteiger partial charge is 0.0486 e. The van der Waals surface area contributed by atoms with Gasteiger partial charge < -0.3 is 10.3 Å². The summed E-state index contributed by atoms with van der Waals surface area (Å²) in [4.78, 5) is 2.38. The van der Waals surface area contributed by atoms with Crippen LogP contribution in [0.4, 0.5) is 0 Å². The van der Waals surface area contributed by atoms with Crippen LogP contribution >= 0.6 is 0 Å². The Kier molecular flexibility index (Phi) is 4.05. The molecular formula is C18H27N3. The molecule has 1 aliphatic heterocycles. The lowest BCUT2D eigenvalue weighted by atomic mass is 10.0. The number of hydrogen-bond acceptors (Lipinski definition) is 2. The molecule has 0 bridgehead atoms. The largest absolute Gasteiger partial charge is 0.347 e. The standard InChI is InChI=1S/C18H27N3/c1-4-7-21-12-14(6-5-13(2)19)17-8-15-10-20(3)11-16(15)9-18(17)21/h8-9,12-13H,4-7,10-11,19H2,1-3H3. The third-order valence-corrected chi connectivity index (χ3v) is 4.50. The molecule has 0 spiro atoms. The van der Waals surface area contributed by atoms with Gasteiger partial charge in [0, 0.05) is 42.8 Å². The minimum atomic E-state index is 0.273. The van der Waals surface area contributed by atoms with Crippen LogP contribution in [0.5, 0.6) is 0 Å². The van der Waals surface area contributed by atoms with Crippen molar-refractivity contribution in [2.75, 3.05) is 7.05 Å². The van der Waals surface area contributed by atoms with E-state index in [0.29, 0.717) is 0 Å². The Bertz CT molecular complexity index is 639. The van der Waals surface area contributed by atoms with Gasteiger partial charge >= 0.3 is 0 Å². The van der Waals surface area contributed by atoms with Crippen molar-refractivity contribution in [3.05, 3.63) is 35.0 Å². The predicted octanol–water partition coefficient (Wildman–Crippen LogP) is 3.28. The zero-order valence-corrected chi connectivity index (χ0v) is 13.5. The minimum Gasteiger partial charge on any atom is -0.347 e. The summed E-state index contributed by atoms with van der Waals surface area (Å²) in [7, 11) is 2.20. The maximum Gasteiger partial charge on any atom is 0.0486 e. The van der Waals surface area contributed by atoms with Crippen molar-refractivity contribution in [1.29, 1.82) is 0 Å². The first-order chi connectivity index (χ1) is 10.1. The minimum absolute atomic E-state index is 0.273. The summed E-state index contributed by atoms with van der Waals surface area (Å²) in [5.41, 5.74) is 11.8. The second-order valence-electron chi connectivity index (χ2n) is 6.67. The van der Waals surface area contributed by atoms with E-state index in [1.807, 2.05) is 0 Å². The number of benzene rings is 1. The van der Waals surface area contributed by atoms with E-state index in [9.17, 15) is 0 Å². The molecule has 2 N–H and O–H groups in total. The topological polar surface area (TPSA) is 34.2 Å². The van der Waals surface area contributed by atoms with Crippen LogP contribution in [0.3, 0.4) is 0 Å². The SMILES string of the molecule is CCCn1cc(CCC(C)N)c2cc3c(cc21)CN(C)C3. The van der Waals surface area contributed by atoms with E-state index in [2.05, 4.69) is 48.7 Å². The van der Waals surface area contributed by atoms with Crippen molar-refractivity contribution in [2.45, 2.75) is 58.8 Å². The average Bonchev–Trinajstić information content (AvgIpc) is 2.94. The van der Waals surface area contributed by atoms with Gasteiger partial charge in [-0.15, -0.1) is 0 Å². The lowest BCUT2D eigenvalue weighted by Crippen LogP contribution is -2.15. The van der Waals surface area contributed by atoms with Gasteiger partial charge in [0.1, 0.15) is 0 Å². The van der Waals surface area contributed by atoms with Gasteiger partial charge in [0.15, 0.2) is 0 Å². The van der Waals surface area contributed by atoms with Crippen LogP contribution in [0.25, 0.3) is 10.9 Å². The molecule has 3 rings (SSSR count). The van der Waals surface area contributed by atoms with Crippen LogP contribution < -0.4 is 5.73 Å². The molecule has 0 aliphatic carbocycles. The molecule has 1 unspecified atom stereocenters. The van der Waals surface area contributed by atoms with Crippen LogP contribution in [-0.4, -0.2) is 22.6 Å². The molecule has 0 saturated carbocycles. The number of nitrogens with zero attached hydrogens (tertiary/aromatic N) is 2. The van der Waals surface area contributed by atoms with E-state index >= 15 is 0 Å². The average molecular weight is 285 g/mol. The van der Waals surface area contributed by atoms with Gasteiger partial charge in [-0.25, -0.2) is 0 Å². The molecule has 114 valence electrons. The molecule has 1 aliphatic rings. The lowest BCUT2D eigenvalue weighted by molar-refractivity contribution is 0.353. The normalized spacial score (nSPS) is 16.6. The van der Waals surface area contributed by atoms with Crippen molar-refractivity contribution in [2.24, 2.45) is 5.73 Å². The van der Waals surface area contributed by atoms with Crippen LogP contribution in [-0.2, 0) is 26.1 Å². The summed E-state index contributed by atoms with van der Waals surface area (Å²) in [6.07, 6.45) is 5.67. The molecule has 0 fully saturated rings. The van der Waals surface area contributed by atoms with Gasteiger partial charge in [-0.3, -0.25) is 4.90 Å².